The van der Waals surface area contributed by atoms with E-state index >= 15 is 0 Å². The number of aryl methyl sites for hydroxylation is 1. The maximum atomic E-state index is 5.32. The molecule has 0 aliphatic heterocycles. The highest BCUT2D eigenvalue weighted by atomic mass is 16.5. The number of hydrogen-bond donors (Lipinski definition) is 0. The maximum Gasteiger partial charge on any atom is 0.139 e. The highest BCUT2D eigenvalue weighted by Gasteiger charge is 2.04. The van der Waals surface area contributed by atoms with Crippen molar-refractivity contribution in [1.82, 2.24) is 5.16 Å². The van der Waals surface area contributed by atoms with Crippen LogP contribution >= 0.6 is 0 Å². The van der Waals surface area contributed by atoms with Gasteiger partial charge in [-0.1, -0.05) is 50.1 Å². The zero-order valence-electron chi connectivity index (χ0n) is 9.46. The monoisotopic (exact) mass is 205 g/mol. The van der Waals surface area contributed by atoms with Gasteiger partial charge < -0.3 is 4.52 Å². The maximum absolute atomic E-state index is 5.32. The first-order valence-electron chi connectivity index (χ1n) is 5.78. The van der Waals surface area contributed by atoms with Crippen molar-refractivity contribution in [1.29, 1.82) is 0 Å². The lowest BCUT2D eigenvalue weighted by molar-refractivity contribution is 0.410. The third-order valence-electron chi connectivity index (χ3n) is 2.57. The second-order valence-electron chi connectivity index (χ2n) is 3.84. The summed E-state index contributed by atoms with van der Waals surface area (Å²) in [4.78, 5) is 0. The Morgan fingerprint density at radius 2 is 2.00 bits per heavy atom. The van der Waals surface area contributed by atoms with Gasteiger partial charge in [-0.25, -0.2) is 0 Å². The third-order valence-corrected chi connectivity index (χ3v) is 2.57. The lowest BCUT2D eigenvalue weighted by Gasteiger charge is -1.98. The van der Waals surface area contributed by atoms with Gasteiger partial charge in [-0.3, -0.25) is 0 Å². The van der Waals surface area contributed by atoms with E-state index in [9.17, 15) is 0 Å². The van der Waals surface area contributed by atoms with Gasteiger partial charge in [0.05, 0.1) is 11.3 Å². The van der Waals surface area contributed by atoms with Crippen molar-refractivity contribution in [3.05, 3.63) is 17.5 Å². The summed E-state index contributed by atoms with van der Waals surface area (Å²) < 4.78 is 4.84. The molecule has 82 valence electrons. The molecule has 0 atom stereocenters. The Bertz CT molecular complexity index is 309. The largest absolute Gasteiger partial charge is 0.363 e. The number of rotatable bonds is 7. The Morgan fingerprint density at radius 1 is 1.27 bits per heavy atom. The molecule has 1 aromatic heterocycles. The molecule has 0 fully saturated rings. The normalized spacial score (nSPS) is 10.1. The molecule has 0 saturated carbocycles. The summed E-state index contributed by atoms with van der Waals surface area (Å²) in [6.45, 7) is 2.23. The molecule has 0 unspecified atom stereocenters. The highest BCUT2D eigenvalue weighted by Crippen LogP contribution is 2.11. The second-order valence-corrected chi connectivity index (χ2v) is 3.84. The van der Waals surface area contributed by atoms with Crippen LogP contribution in [0.3, 0.4) is 0 Å². The number of nitrogens with zero attached hydrogens (tertiary/aromatic N) is 1. The standard InChI is InChI=1S/C13H19NO/c1-3-5-6-7-8-9-10-13-12(4-2)11-15-14-13/h2,11H,3,5-10H2,1H3. The van der Waals surface area contributed by atoms with Crippen molar-refractivity contribution >= 4 is 0 Å². The van der Waals surface area contributed by atoms with Crippen LogP contribution in [-0.2, 0) is 6.42 Å². The van der Waals surface area contributed by atoms with E-state index in [-0.39, 0.29) is 0 Å². The molecule has 2 nitrogen and oxygen atoms in total. The van der Waals surface area contributed by atoms with Crippen molar-refractivity contribution in [3.63, 3.8) is 0 Å². The molecule has 0 saturated heterocycles. The van der Waals surface area contributed by atoms with Crippen LogP contribution in [0.2, 0.25) is 0 Å². The molecule has 0 bridgehead atoms. The van der Waals surface area contributed by atoms with Crippen molar-refractivity contribution in [2.45, 2.75) is 51.9 Å². The minimum Gasteiger partial charge on any atom is -0.363 e. The Morgan fingerprint density at radius 3 is 2.73 bits per heavy atom. The molecule has 1 heterocycles. The highest BCUT2D eigenvalue weighted by molar-refractivity contribution is 5.32. The van der Waals surface area contributed by atoms with E-state index in [2.05, 4.69) is 18.0 Å². The van der Waals surface area contributed by atoms with Gasteiger partial charge >= 0.3 is 0 Å². The van der Waals surface area contributed by atoms with Crippen LogP contribution in [0.1, 0.15) is 56.7 Å². The van der Waals surface area contributed by atoms with Gasteiger partial charge in [-0.2, -0.15) is 0 Å². The fourth-order valence-corrected chi connectivity index (χ4v) is 1.63. The van der Waals surface area contributed by atoms with Gasteiger partial charge in [0.2, 0.25) is 0 Å². The zero-order chi connectivity index (χ0) is 10.9. The summed E-state index contributed by atoms with van der Waals surface area (Å²) in [5.41, 5.74) is 1.75. The van der Waals surface area contributed by atoms with Crippen molar-refractivity contribution in [2.24, 2.45) is 0 Å². The number of terminal acetylenes is 1. The Balaban J connectivity index is 2.13. The molecule has 15 heavy (non-hydrogen) atoms. The molecular weight excluding hydrogens is 186 g/mol. The van der Waals surface area contributed by atoms with Gasteiger partial charge in [0, 0.05) is 0 Å². The summed E-state index contributed by atoms with van der Waals surface area (Å²) >= 11 is 0. The van der Waals surface area contributed by atoms with E-state index < -0.39 is 0 Å². The predicted octanol–water partition coefficient (Wildman–Crippen LogP) is 3.56. The van der Waals surface area contributed by atoms with E-state index in [1.165, 1.54) is 32.1 Å². The van der Waals surface area contributed by atoms with Crippen LogP contribution < -0.4 is 0 Å². The first kappa shape index (κ1) is 11.8. The molecular formula is C13H19NO. The molecule has 0 aliphatic rings. The van der Waals surface area contributed by atoms with Crippen molar-refractivity contribution in [2.75, 3.05) is 0 Å². The fraction of sp³-hybridized carbons (Fsp3) is 0.615. The van der Waals surface area contributed by atoms with E-state index in [0.717, 1.165) is 24.1 Å². The number of hydrogen-bond acceptors (Lipinski definition) is 2. The predicted molar refractivity (Wildman–Crippen MR) is 61.5 cm³/mol. The summed E-state index contributed by atoms with van der Waals surface area (Å²) in [5.74, 6) is 2.58. The molecule has 0 aromatic carbocycles. The molecule has 2 heteroatoms. The molecule has 0 spiro atoms. The average molecular weight is 205 g/mol. The summed E-state index contributed by atoms with van der Waals surface area (Å²) in [7, 11) is 0. The van der Waals surface area contributed by atoms with Crippen LogP contribution in [-0.4, -0.2) is 5.16 Å². The van der Waals surface area contributed by atoms with E-state index in [1.807, 2.05) is 0 Å². The number of aromatic nitrogens is 1. The van der Waals surface area contributed by atoms with E-state index in [0.29, 0.717) is 0 Å². The molecule has 0 N–H and O–H groups in total. The van der Waals surface area contributed by atoms with Gasteiger partial charge in [0.15, 0.2) is 0 Å². The number of unbranched alkanes of at least 4 members (excludes halogenated alkanes) is 5. The van der Waals surface area contributed by atoms with Crippen LogP contribution in [0.5, 0.6) is 0 Å². The minimum atomic E-state index is 0.809. The van der Waals surface area contributed by atoms with Gasteiger partial charge in [0.1, 0.15) is 6.26 Å². The first-order valence-corrected chi connectivity index (χ1v) is 5.78. The van der Waals surface area contributed by atoms with Crippen LogP contribution in [0, 0.1) is 12.3 Å². The van der Waals surface area contributed by atoms with Crippen molar-refractivity contribution in [3.8, 4) is 12.3 Å². The summed E-state index contributed by atoms with van der Waals surface area (Å²) in [5, 5.41) is 3.90. The Hall–Kier alpha value is -1.23. The SMILES string of the molecule is C#Cc1conc1CCCCCCCC. The average Bonchev–Trinajstić information content (AvgIpc) is 2.70. The summed E-state index contributed by atoms with van der Waals surface area (Å²) in [6, 6.07) is 0. The third kappa shape index (κ3) is 4.20. The zero-order valence-corrected chi connectivity index (χ0v) is 9.46. The van der Waals surface area contributed by atoms with E-state index in [1.54, 1.807) is 6.26 Å². The van der Waals surface area contributed by atoms with E-state index in [4.69, 9.17) is 10.9 Å². The van der Waals surface area contributed by atoms with Crippen molar-refractivity contribution < 1.29 is 4.52 Å². The van der Waals surface area contributed by atoms with Gasteiger partial charge in [-0.15, -0.1) is 6.42 Å². The molecule has 1 aromatic rings. The quantitative estimate of drug-likeness (QED) is 0.502. The molecule has 0 radical (unpaired) electrons. The topological polar surface area (TPSA) is 26.0 Å². The van der Waals surface area contributed by atoms with Crippen LogP contribution in [0.25, 0.3) is 0 Å². The summed E-state index contributed by atoms with van der Waals surface area (Å²) in [6.07, 6.45) is 15.5. The molecule has 0 amide bonds. The Kier molecular flexibility index (Phi) is 5.62. The molecule has 0 aliphatic carbocycles. The van der Waals surface area contributed by atoms with Crippen LogP contribution in [0.4, 0.5) is 0 Å². The second kappa shape index (κ2) is 7.11. The molecule has 1 rings (SSSR count). The smallest absolute Gasteiger partial charge is 0.139 e. The Labute approximate surface area is 92.0 Å². The van der Waals surface area contributed by atoms with Gasteiger partial charge in [0.25, 0.3) is 0 Å². The minimum absolute atomic E-state index is 0.809. The fourth-order valence-electron chi connectivity index (χ4n) is 1.63. The lowest BCUT2D eigenvalue weighted by atomic mass is 10.1. The van der Waals surface area contributed by atoms with Gasteiger partial charge in [-0.05, 0) is 12.8 Å². The van der Waals surface area contributed by atoms with Crippen LogP contribution in [0.15, 0.2) is 10.8 Å². The lowest BCUT2D eigenvalue weighted by Crippen LogP contribution is -1.89. The first-order chi connectivity index (χ1) is 7.38.